The number of hydrogen-bond acceptors (Lipinski definition) is 4. The van der Waals surface area contributed by atoms with Gasteiger partial charge < -0.3 is 20.5 Å². The van der Waals surface area contributed by atoms with Crippen LogP contribution < -0.4 is 20.5 Å². The van der Waals surface area contributed by atoms with Crippen LogP contribution in [0.3, 0.4) is 0 Å². The lowest BCUT2D eigenvalue weighted by Gasteiger charge is -2.20. The van der Waals surface area contributed by atoms with E-state index >= 15 is 0 Å². The maximum Gasteiger partial charge on any atom is 0.573 e. The Morgan fingerprint density at radius 2 is 1.81 bits per heavy atom. The first-order chi connectivity index (χ1) is 12.5. The van der Waals surface area contributed by atoms with Gasteiger partial charge in [0.15, 0.2) is 11.7 Å². The SMILES string of the molecule is CC(C)(C)Oc1ccc(CN=C(N)Nc2ccccc2OC(F)(F)F)cn1. The van der Waals surface area contributed by atoms with E-state index in [0.29, 0.717) is 5.88 Å². The topological polar surface area (TPSA) is 81.8 Å². The fourth-order valence-corrected chi connectivity index (χ4v) is 2.02. The van der Waals surface area contributed by atoms with Gasteiger partial charge in [-0.3, -0.25) is 0 Å². The zero-order valence-electron chi connectivity index (χ0n) is 15.2. The number of ether oxygens (including phenoxy) is 2. The summed E-state index contributed by atoms with van der Waals surface area (Å²) in [6.45, 7) is 5.95. The number of aliphatic imine (C=N–C) groups is 1. The molecule has 3 N–H and O–H groups in total. The molecule has 9 heteroatoms. The van der Waals surface area contributed by atoms with Gasteiger partial charge in [-0.25, -0.2) is 9.98 Å². The van der Waals surface area contributed by atoms with Crippen molar-refractivity contribution in [2.45, 2.75) is 39.3 Å². The average Bonchev–Trinajstić information content (AvgIpc) is 2.53. The number of benzene rings is 1. The van der Waals surface area contributed by atoms with E-state index in [0.717, 1.165) is 5.56 Å². The molecule has 146 valence electrons. The quantitative estimate of drug-likeness (QED) is 0.601. The third-order valence-corrected chi connectivity index (χ3v) is 3.02. The number of nitrogens with one attached hydrogen (secondary N) is 1. The van der Waals surface area contributed by atoms with Gasteiger partial charge in [0.1, 0.15) is 5.60 Å². The number of nitrogens with zero attached hydrogens (tertiary/aromatic N) is 2. The molecule has 1 heterocycles. The number of aromatic nitrogens is 1. The molecular weight excluding hydrogens is 361 g/mol. The number of alkyl halides is 3. The lowest BCUT2D eigenvalue weighted by atomic mass is 10.2. The largest absolute Gasteiger partial charge is 0.573 e. The van der Waals surface area contributed by atoms with Gasteiger partial charge in [-0.05, 0) is 38.5 Å². The van der Waals surface area contributed by atoms with Crippen LogP contribution in [-0.4, -0.2) is 22.9 Å². The van der Waals surface area contributed by atoms with Gasteiger partial charge in [0, 0.05) is 12.3 Å². The summed E-state index contributed by atoms with van der Waals surface area (Å²) in [5, 5.41) is 2.60. The van der Waals surface area contributed by atoms with Crippen molar-refractivity contribution in [1.29, 1.82) is 0 Å². The van der Waals surface area contributed by atoms with Crippen molar-refractivity contribution in [3.8, 4) is 11.6 Å². The molecule has 0 aliphatic carbocycles. The molecule has 1 aromatic carbocycles. The number of rotatable bonds is 5. The van der Waals surface area contributed by atoms with Gasteiger partial charge in [0.25, 0.3) is 0 Å². The van der Waals surface area contributed by atoms with Crippen molar-refractivity contribution in [1.82, 2.24) is 4.98 Å². The second-order valence-corrected chi connectivity index (χ2v) is 6.59. The first-order valence-corrected chi connectivity index (χ1v) is 8.07. The second-order valence-electron chi connectivity index (χ2n) is 6.59. The Hall–Kier alpha value is -2.97. The lowest BCUT2D eigenvalue weighted by Crippen LogP contribution is -2.24. The summed E-state index contributed by atoms with van der Waals surface area (Å²) < 4.78 is 46.9. The van der Waals surface area contributed by atoms with Crippen LogP contribution in [0.1, 0.15) is 26.3 Å². The van der Waals surface area contributed by atoms with Gasteiger partial charge in [-0.15, -0.1) is 13.2 Å². The summed E-state index contributed by atoms with van der Waals surface area (Å²) >= 11 is 0. The number of halogens is 3. The number of para-hydroxylation sites is 2. The van der Waals surface area contributed by atoms with E-state index < -0.39 is 12.1 Å². The first kappa shape index (κ1) is 20.3. The van der Waals surface area contributed by atoms with Crippen LogP contribution in [0, 0.1) is 0 Å². The third-order valence-electron chi connectivity index (χ3n) is 3.02. The molecule has 0 aliphatic rings. The first-order valence-electron chi connectivity index (χ1n) is 8.07. The number of nitrogens with two attached hydrogens (primary N) is 1. The minimum Gasteiger partial charge on any atom is -0.472 e. The lowest BCUT2D eigenvalue weighted by molar-refractivity contribution is -0.274. The predicted molar refractivity (Wildman–Crippen MR) is 96.7 cm³/mol. The van der Waals surface area contributed by atoms with E-state index in [2.05, 4.69) is 20.0 Å². The predicted octanol–water partition coefficient (Wildman–Crippen LogP) is 4.08. The number of pyridine rings is 1. The molecule has 2 rings (SSSR count). The van der Waals surface area contributed by atoms with Crippen LogP contribution in [0.5, 0.6) is 11.6 Å². The zero-order chi connectivity index (χ0) is 20.1. The molecule has 0 saturated carbocycles. The van der Waals surface area contributed by atoms with E-state index in [1.165, 1.54) is 18.2 Å². The highest BCUT2D eigenvalue weighted by molar-refractivity contribution is 5.93. The molecule has 0 bridgehead atoms. The van der Waals surface area contributed by atoms with Gasteiger partial charge in [0.05, 0.1) is 12.2 Å². The highest BCUT2D eigenvalue weighted by Crippen LogP contribution is 2.29. The summed E-state index contributed by atoms with van der Waals surface area (Å²) in [4.78, 5) is 8.28. The monoisotopic (exact) mass is 382 g/mol. The van der Waals surface area contributed by atoms with Crippen LogP contribution in [-0.2, 0) is 6.54 Å². The molecule has 0 aliphatic heterocycles. The molecule has 0 atom stereocenters. The Balaban J connectivity index is 2.01. The molecule has 6 nitrogen and oxygen atoms in total. The molecule has 27 heavy (non-hydrogen) atoms. The molecule has 0 amide bonds. The van der Waals surface area contributed by atoms with E-state index in [4.69, 9.17) is 10.5 Å². The highest BCUT2D eigenvalue weighted by Gasteiger charge is 2.32. The molecule has 0 unspecified atom stereocenters. The fourth-order valence-electron chi connectivity index (χ4n) is 2.02. The molecule has 2 aromatic rings. The highest BCUT2D eigenvalue weighted by atomic mass is 19.4. The maximum absolute atomic E-state index is 12.4. The normalized spacial score (nSPS) is 12.6. The summed E-state index contributed by atoms with van der Waals surface area (Å²) in [5.74, 6) is 0.0382. The third kappa shape index (κ3) is 7.43. The van der Waals surface area contributed by atoms with E-state index in [9.17, 15) is 13.2 Å². The van der Waals surface area contributed by atoms with Gasteiger partial charge in [-0.1, -0.05) is 18.2 Å². The minimum atomic E-state index is -4.80. The van der Waals surface area contributed by atoms with Gasteiger partial charge >= 0.3 is 6.36 Å². The molecular formula is C18H21F3N4O2. The Bertz CT molecular complexity index is 784. The van der Waals surface area contributed by atoms with Crippen LogP contribution in [0.15, 0.2) is 47.6 Å². The van der Waals surface area contributed by atoms with Crippen molar-refractivity contribution in [2.24, 2.45) is 10.7 Å². The molecule has 1 aromatic heterocycles. The number of anilines is 1. The molecule has 0 radical (unpaired) electrons. The van der Waals surface area contributed by atoms with Crippen molar-refractivity contribution in [2.75, 3.05) is 5.32 Å². The van der Waals surface area contributed by atoms with Crippen molar-refractivity contribution < 1.29 is 22.6 Å². The van der Waals surface area contributed by atoms with Crippen LogP contribution in [0.25, 0.3) is 0 Å². The summed E-state index contributed by atoms with van der Waals surface area (Å²) in [7, 11) is 0. The Kier molecular flexibility index (Phi) is 6.14. The molecule has 0 spiro atoms. The van der Waals surface area contributed by atoms with Crippen LogP contribution >= 0.6 is 0 Å². The second kappa shape index (κ2) is 8.15. The zero-order valence-corrected chi connectivity index (χ0v) is 15.2. The van der Waals surface area contributed by atoms with Crippen molar-refractivity contribution in [3.05, 3.63) is 48.2 Å². The molecule has 0 saturated heterocycles. The van der Waals surface area contributed by atoms with E-state index in [-0.39, 0.29) is 23.8 Å². The Morgan fingerprint density at radius 3 is 2.41 bits per heavy atom. The van der Waals surface area contributed by atoms with Crippen LogP contribution in [0.4, 0.5) is 18.9 Å². The van der Waals surface area contributed by atoms with Gasteiger partial charge in [-0.2, -0.15) is 0 Å². The maximum atomic E-state index is 12.4. The smallest absolute Gasteiger partial charge is 0.472 e. The van der Waals surface area contributed by atoms with E-state index in [1.807, 2.05) is 20.8 Å². The van der Waals surface area contributed by atoms with Crippen molar-refractivity contribution in [3.63, 3.8) is 0 Å². The summed E-state index contributed by atoms with van der Waals surface area (Å²) in [6, 6.07) is 9.06. The van der Waals surface area contributed by atoms with E-state index in [1.54, 1.807) is 24.4 Å². The fraction of sp³-hybridized carbons (Fsp3) is 0.333. The minimum absolute atomic E-state index is 0.0526. The van der Waals surface area contributed by atoms with Crippen LogP contribution in [0.2, 0.25) is 0 Å². The van der Waals surface area contributed by atoms with Crippen molar-refractivity contribution >= 4 is 11.6 Å². The van der Waals surface area contributed by atoms with Gasteiger partial charge in [0.2, 0.25) is 5.88 Å². The number of hydrogen-bond donors (Lipinski definition) is 2. The standard InChI is InChI=1S/C18H21F3N4O2/c1-17(2,3)27-15-9-8-12(10-23-15)11-24-16(22)25-13-6-4-5-7-14(13)26-18(19,20)21/h4-10H,11H2,1-3H3,(H3,22,24,25). The average molecular weight is 382 g/mol. The Morgan fingerprint density at radius 1 is 1.11 bits per heavy atom. The summed E-state index contributed by atoms with van der Waals surface area (Å²) in [6.07, 6.45) is -3.20. The molecule has 0 fully saturated rings. The number of guanidine groups is 1. The summed E-state index contributed by atoms with van der Waals surface area (Å²) in [5.41, 5.74) is 6.23. The Labute approximate surface area is 155 Å².